The van der Waals surface area contributed by atoms with Gasteiger partial charge in [0.15, 0.2) is 16.4 Å². The molecule has 26 heavy (non-hydrogen) atoms. The van der Waals surface area contributed by atoms with Crippen LogP contribution in [0.1, 0.15) is 32.1 Å². The van der Waals surface area contributed by atoms with E-state index in [1.165, 1.54) is 18.2 Å². The zero-order valence-corrected chi connectivity index (χ0v) is 15.2. The molecule has 0 N–H and O–H groups in total. The topological polar surface area (TPSA) is 107 Å². The monoisotopic (exact) mass is 382 g/mol. The second-order valence-corrected chi connectivity index (χ2v) is 9.07. The fourth-order valence-electron chi connectivity index (χ4n) is 3.79. The van der Waals surface area contributed by atoms with E-state index in [1.54, 1.807) is 11.0 Å². The van der Waals surface area contributed by atoms with E-state index in [9.17, 15) is 23.3 Å². The molecule has 142 valence electrons. The predicted molar refractivity (Wildman–Crippen MR) is 94.8 cm³/mol. The van der Waals surface area contributed by atoms with Crippen molar-refractivity contribution in [3.05, 3.63) is 34.4 Å². The van der Waals surface area contributed by atoms with E-state index in [2.05, 4.69) is 0 Å². The van der Waals surface area contributed by atoms with Crippen LogP contribution in [0.3, 0.4) is 0 Å². The number of nitro groups is 1. The van der Waals surface area contributed by atoms with Gasteiger partial charge in [0.1, 0.15) is 5.75 Å². The lowest BCUT2D eigenvalue weighted by Gasteiger charge is -2.34. The predicted octanol–water partition coefficient (Wildman–Crippen LogP) is 1.93. The number of ether oxygens (including phenoxy) is 1. The van der Waals surface area contributed by atoms with Crippen molar-refractivity contribution < 1.29 is 22.9 Å². The van der Waals surface area contributed by atoms with Crippen LogP contribution in [0, 0.1) is 10.1 Å². The third kappa shape index (κ3) is 4.32. The zero-order chi connectivity index (χ0) is 18.7. The normalized spacial score (nSPS) is 22.2. The van der Waals surface area contributed by atoms with Crippen LogP contribution in [0.5, 0.6) is 5.75 Å². The van der Waals surface area contributed by atoms with Crippen molar-refractivity contribution in [1.29, 1.82) is 0 Å². The Morgan fingerprint density at radius 2 is 1.96 bits per heavy atom. The summed E-state index contributed by atoms with van der Waals surface area (Å²) < 4.78 is 29.1. The number of rotatable bonds is 6. The molecule has 0 bridgehead atoms. The Kier molecular flexibility index (Phi) is 5.45. The van der Waals surface area contributed by atoms with E-state index < -0.39 is 14.8 Å². The molecule has 8 nitrogen and oxygen atoms in total. The maximum absolute atomic E-state index is 12.8. The van der Waals surface area contributed by atoms with E-state index in [4.69, 9.17) is 4.74 Å². The summed E-state index contributed by atoms with van der Waals surface area (Å²) in [7, 11) is -3.10. The highest BCUT2D eigenvalue weighted by Gasteiger charge is 2.39. The number of hydrogen-bond acceptors (Lipinski definition) is 6. The SMILES string of the molecule is O=C(COc1cccc([N+](=O)[O-])c1)N(C1CCCC1)C1CCS(=O)(=O)C1. The second-order valence-electron chi connectivity index (χ2n) is 6.84. The highest BCUT2D eigenvalue weighted by molar-refractivity contribution is 7.91. The molecule has 0 spiro atoms. The molecule has 1 unspecified atom stereocenters. The average Bonchev–Trinajstić information content (AvgIpc) is 3.23. The van der Waals surface area contributed by atoms with Crippen molar-refractivity contribution in [3.63, 3.8) is 0 Å². The van der Waals surface area contributed by atoms with E-state index >= 15 is 0 Å². The van der Waals surface area contributed by atoms with Gasteiger partial charge >= 0.3 is 0 Å². The van der Waals surface area contributed by atoms with Crippen molar-refractivity contribution in [2.45, 2.75) is 44.2 Å². The highest BCUT2D eigenvalue weighted by Crippen LogP contribution is 2.29. The van der Waals surface area contributed by atoms with E-state index in [0.29, 0.717) is 6.42 Å². The zero-order valence-electron chi connectivity index (χ0n) is 14.4. The van der Waals surface area contributed by atoms with Crippen LogP contribution in [0.2, 0.25) is 0 Å². The number of amides is 1. The van der Waals surface area contributed by atoms with E-state index in [-0.39, 0.29) is 47.5 Å². The van der Waals surface area contributed by atoms with Gasteiger partial charge < -0.3 is 9.64 Å². The number of carbonyl (C=O) groups is 1. The molecule has 1 atom stereocenters. The Morgan fingerprint density at radius 3 is 2.58 bits per heavy atom. The van der Waals surface area contributed by atoms with Gasteiger partial charge in [0.05, 0.1) is 22.5 Å². The molecule has 1 amide bonds. The number of carbonyl (C=O) groups excluding carboxylic acids is 1. The summed E-state index contributed by atoms with van der Waals surface area (Å²) in [6.45, 7) is -0.256. The summed E-state index contributed by atoms with van der Waals surface area (Å²) in [4.78, 5) is 24.8. The first-order chi connectivity index (χ1) is 12.4. The first-order valence-corrected chi connectivity index (χ1v) is 10.6. The molecule has 1 saturated heterocycles. The molecule has 1 aliphatic heterocycles. The van der Waals surface area contributed by atoms with Gasteiger partial charge in [0, 0.05) is 18.2 Å². The molecule has 1 aromatic carbocycles. The number of nitrogens with zero attached hydrogens (tertiary/aromatic N) is 2. The first-order valence-electron chi connectivity index (χ1n) is 8.74. The summed E-state index contributed by atoms with van der Waals surface area (Å²) in [6.07, 6.45) is 4.26. The highest BCUT2D eigenvalue weighted by atomic mass is 32.2. The molecule has 1 aromatic rings. The summed E-state index contributed by atoms with van der Waals surface area (Å²) >= 11 is 0. The van der Waals surface area contributed by atoms with Crippen LogP contribution in [0.4, 0.5) is 5.69 Å². The third-order valence-electron chi connectivity index (χ3n) is 5.00. The Bertz CT molecular complexity index is 788. The molecular formula is C17H22N2O6S. The minimum Gasteiger partial charge on any atom is -0.484 e. The standard InChI is InChI=1S/C17H22N2O6S/c20-17(11-25-16-7-3-6-14(10-16)19(21)22)18(13-4-1-2-5-13)15-8-9-26(23,24)12-15/h3,6-7,10,13,15H,1-2,4-5,8-9,11-12H2. The number of benzene rings is 1. The van der Waals surface area contributed by atoms with Gasteiger partial charge in [-0.25, -0.2) is 8.42 Å². The molecule has 0 radical (unpaired) electrons. The minimum absolute atomic E-state index is 0.00600. The number of hydrogen-bond donors (Lipinski definition) is 0. The lowest BCUT2D eigenvalue weighted by atomic mass is 10.1. The molecule has 1 saturated carbocycles. The first kappa shape index (κ1) is 18.6. The fraction of sp³-hybridized carbons (Fsp3) is 0.588. The molecule has 0 aromatic heterocycles. The van der Waals surface area contributed by atoms with E-state index in [0.717, 1.165) is 25.7 Å². The molecule has 1 heterocycles. The van der Waals surface area contributed by atoms with Gasteiger partial charge in [-0.1, -0.05) is 18.9 Å². The summed E-state index contributed by atoms with van der Waals surface area (Å²) in [6, 6.07) is 5.42. The second kappa shape index (κ2) is 7.61. The van der Waals surface area contributed by atoms with Crippen molar-refractivity contribution in [2.75, 3.05) is 18.1 Å². The van der Waals surface area contributed by atoms with Crippen LogP contribution in [0.25, 0.3) is 0 Å². The van der Waals surface area contributed by atoms with Crippen LogP contribution >= 0.6 is 0 Å². The minimum atomic E-state index is -3.10. The number of nitro benzene ring substituents is 1. The Hall–Kier alpha value is -2.16. The molecule has 9 heteroatoms. The van der Waals surface area contributed by atoms with Crippen molar-refractivity contribution in [1.82, 2.24) is 4.90 Å². The van der Waals surface area contributed by atoms with Crippen LogP contribution in [0.15, 0.2) is 24.3 Å². The fourth-order valence-corrected chi connectivity index (χ4v) is 5.50. The Labute approximate surface area is 152 Å². The van der Waals surface area contributed by atoms with Gasteiger partial charge in [-0.05, 0) is 25.3 Å². The summed E-state index contributed by atoms with van der Waals surface area (Å²) in [5.74, 6) is 0.106. The largest absolute Gasteiger partial charge is 0.484 e. The summed E-state index contributed by atoms with van der Waals surface area (Å²) in [5, 5.41) is 10.8. The quantitative estimate of drug-likeness (QED) is 0.550. The maximum Gasteiger partial charge on any atom is 0.273 e. The van der Waals surface area contributed by atoms with Gasteiger partial charge in [-0.2, -0.15) is 0 Å². The van der Waals surface area contributed by atoms with Gasteiger partial charge in [0.2, 0.25) is 0 Å². The Morgan fingerprint density at radius 1 is 1.23 bits per heavy atom. The van der Waals surface area contributed by atoms with Gasteiger partial charge in [-0.15, -0.1) is 0 Å². The number of sulfone groups is 1. The molecular weight excluding hydrogens is 360 g/mol. The molecule has 1 aliphatic carbocycles. The molecule has 3 rings (SSSR count). The van der Waals surface area contributed by atoms with Crippen LogP contribution in [-0.2, 0) is 14.6 Å². The maximum atomic E-state index is 12.8. The third-order valence-corrected chi connectivity index (χ3v) is 6.75. The average molecular weight is 382 g/mol. The summed E-state index contributed by atoms with van der Waals surface area (Å²) in [5.41, 5.74) is -0.107. The van der Waals surface area contributed by atoms with Crippen LogP contribution < -0.4 is 4.74 Å². The number of non-ortho nitro benzene ring substituents is 1. The van der Waals surface area contributed by atoms with Crippen molar-refractivity contribution in [2.24, 2.45) is 0 Å². The molecule has 2 aliphatic rings. The smallest absolute Gasteiger partial charge is 0.273 e. The lowest BCUT2D eigenvalue weighted by Crippen LogP contribution is -2.48. The lowest BCUT2D eigenvalue weighted by molar-refractivity contribution is -0.384. The van der Waals surface area contributed by atoms with E-state index in [1.807, 2.05) is 0 Å². The Balaban J connectivity index is 1.69. The van der Waals surface area contributed by atoms with Gasteiger partial charge in [0.25, 0.3) is 11.6 Å². The van der Waals surface area contributed by atoms with Crippen molar-refractivity contribution >= 4 is 21.4 Å². The molecule has 2 fully saturated rings. The van der Waals surface area contributed by atoms with Gasteiger partial charge in [-0.3, -0.25) is 14.9 Å². The van der Waals surface area contributed by atoms with Crippen molar-refractivity contribution in [3.8, 4) is 5.75 Å². The van der Waals surface area contributed by atoms with Crippen LogP contribution in [-0.4, -0.2) is 54.3 Å².